The number of halogens is 1. The molecule has 0 radical (unpaired) electrons. The Morgan fingerprint density at radius 2 is 1.95 bits per heavy atom. The molecule has 0 spiro atoms. The van der Waals surface area contributed by atoms with E-state index in [9.17, 15) is 0 Å². The normalized spacial score (nSPS) is 10.3. The van der Waals surface area contributed by atoms with E-state index in [-0.39, 0.29) is 0 Å². The van der Waals surface area contributed by atoms with Crippen molar-refractivity contribution in [1.82, 2.24) is 0 Å². The van der Waals surface area contributed by atoms with Crippen LogP contribution in [0.4, 0.5) is 0 Å². The molecule has 0 saturated heterocycles. The van der Waals surface area contributed by atoms with Gasteiger partial charge < -0.3 is 4.74 Å². The molecule has 0 amide bonds. The molecule has 0 aromatic heterocycles. The minimum absolute atomic E-state index is 0.436. The molecule has 0 fully saturated rings. The highest BCUT2D eigenvalue weighted by molar-refractivity contribution is 9.10. The number of rotatable bonds is 4. The summed E-state index contributed by atoms with van der Waals surface area (Å²) in [6, 6.07) is 17.5. The summed E-state index contributed by atoms with van der Waals surface area (Å²) in [4.78, 5) is 0. The van der Waals surface area contributed by atoms with Gasteiger partial charge in [-0.15, -0.1) is 0 Å². The zero-order valence-electron chi connectivity index (χ0n) is 10.2. The van der Waals surface area contributed by atoms with E-state index >= 15 is 0 Å². The summed E-state index contributed by atoms with van der Waals surface area (Å²) in [5.41, 5.74) is 1.66. The molecular formula is C16H12BrNO. The van der Waals surface area contributed by atoms with E-state index < -0.39 is 0 Å². The van der Waals surface area contributed by atoms with Crippen LogP contribution in [0.2, 0.25) is 0 Å². The summed E-state index contributed by atoms with van der Waals surface area (Å²) in [5.74, 6) is 0.600. The average molecular weight is 314 g/mol. The highest BCUT2D eigenvalue weighted by atomic mass is 79.9. The van der Waals surface area contributed by atoms with Crippen LogP contribution in [0, 0.1) is 11.3 Å². The van der Waals surface area contributed by atoms with Crippen LogP contribution in [0.1, 0.15) is 11.1 Å². The van der Waals surface area contributed by atoms with Crippen LogP contribution in [-0.2, 0) is 0 Å². The number of ether oxygens (including phenoxy) is 1. The van der Waals surface area contributed by atoms with Crippen LogP contribution in [0.15, 0.2) is 59.1 Å². The van der Waals surface area contributed by atoms with E-state index in [2.05, 4.69) is 22.0 Å². The monoisotopic (exact) mass is 313 g/mol. The Bertz CT molecular complexity index is 614. The van der Waals surface area contributed by atoms with Gasteiger partial charge in [-0.05, 0) is 29.8 Å². The van der Waals surface area contributed by atoms with E-state index in [4.69, 9.17) is 10.00 Å². The lowest BCUT2D eigenvalue weighted by Crippen LogP contribution is -1.95. The fourth-order valence-corrected chi connectivity index (χ4v) is 1.96. The summed E-state index contributed by atoms with van der Waals surface area (Å²) >= 11 is 3.33. The Morgan fingerprint density at radius 1 is 1.16 bits per heavy atom. The van der Waals surface area contributed by atoms with Gasteiger partial charge in [-0.3, -0.25) is 0 Å². The third-order valence-electron chi connectivity index (χ3n) is 2.51. The van der Waals surface area contributed by atoms with E-state index in [0.29, 0.717) is 17.9 Å². The highest BCUT2D eigenvalue weighted by Crippen LogP contribution is 2.22. The van der Waals surface area contributed by atoms with Crippen molar-refractivity contribution in [3.05, 3.63) is 70.2 Å². The largest absolute Gasteiger partial charge is 0.488 e. The Kier molecular flexibility index (Phi) is 4.77. The highest BCUT2D eigenvalue weighted by Gasteiger charge is 2.02. The second-order valence-corrected chi connectivity index (χ2v) is 4.79. The second kappa shape index (κ2) is 6.77. The molecule has 94 valence electrons. The van der Waals surface area contributed by atoms with Gasteiger partial charge in [-0.2, -0.15) is 5.26 Å². The molecule has 3 heteroatoms. The van der Waals surface area contributed by atoms with Crippen LogP contribution >= 0.6 is 15.9 Å². The third-order valence-corrected chi connectivity index (χ3v) is 3.00. The number of benzene rings is 2. The second-order valence-electron chi connectivity index (χ2n) is 3.88. The number of nitriles is 1. The molecule has 0 aliphatic heterocycles. The van der Waals surface area contributed by atoms with Gasteiger partial charge >= 0.3 is 0 Å². The van der Waals surface area contributed by atoms with Crippen molar-refractivity contribution >= 4 is 22.0 Å². The van der Waals surface area contributed by atoms with Gasteiger partial charge in [0, 0.05) is 4.47 Å². The van der Waals surface area contributed by atoms with Crippen LogP contribution in [0.25, 0.3) is 6.08 Å². The third kappa shape index (κ3) is 3.97. The molecule has 0 aliphatic carbocycles. The van der Waals surface area contributed by atoms with Gasteiger partial charge in [0.2, 0.25) is 0 Å². The Hall–Kier alpha value is -2.05. The molecule has 0 saturated carbocycles. The van der Waals surface area contributed by atoms with Gasteiger partial charge in [0.1, 0.15) is 18.4 Å². The summed E-state index contributed by atoms with van der Waals surface area (Å²) in [7, 11) is 0. The Morgan fingerprint density at radius 3 is 2.68 bits per heavy atom. The standard InChI is InChI=1S/C16H12BrNO/c17-15-8-9-16(14(11-15)12-18)19-10-4-7-13-5-2-1-3-6-13/h1-9,11H,10H2/b7-4+. The zero-order chi connectivity index (χ0) is 13.5. The molecule has 2 rings (SSSR count). The summed E-state index contributed by atoms with van der Waals surface area (Å²) in [6.45, 7) is 0.436. The maximum absolute atomic E-state index is 9.01. The smallest absolute Gasteiger partial charge is 0.137 e. The fraction of sp³-hybridized carbons (Fsp3) is 0.0625. The van der Waals surface area contributed by atoms with Crippen molar-refractivity contribution in [2.75, 3.05) is 6.61 Å². The predicted molar refractivity (Wildman–Crippen MR) is 79.8 cm³/mol. The van der Waals surface area contributed by atoms with Crippen LogP contribution < -0.4 is 4.74 Å². The molecule has 0 N–H and O–H groups in total. The molecule has 2 aromatic carbocycles. The number of hydrogen-bond donors (Lipinski definition) is 0. The molecule has 0 bridgehead atoms. The first-order valence-corrected chi connectivity index (χ1v) is 6.63. The first-order valence-electron chi connectivity index (χ1n) is 5.83. The van der Waals surface area contributed by atoms with Gasteiger partial charge in [0.05, 0.1) is 5.56 Å². The Labute approximate surface area is 121 Å². The molecule has 0 unspecified atom stereocenters. The number of hydrogen-bond acceptors (Lipinski definition) is 2. The molecular weight excluding hydrogens is 302 g/mol. The predicted octanol–water partition coefficient (Wildman–Crippen LogP) is 4.41. The van der Waals surface area contributed by atoms with Crippen molar-refractivity contribution in [3.63, 3.8) is 0 Å². The molecule has 0 atom stereocenters. The first kappa shape index (κ1) is 13.4. The van der Waals surface area contributed by atoms with Crippen molar-refractivity contribution in [2.24, 2.45) is 0 Å². The molecule has 19 heavy (non-hydrogen) atoms. The number of nitrogens with zero attached hydrogens (tertiary/aromatic N) is 1. The fourth-order valence-electron chi connectivity index (χ4n) is 1.60. The minimum atomic E-state index is 0.436. The summed E-state index contributed by atoms with van der Waals surface area (Å²) in [6.07, 6.45) is 3.92. The molecule has 2 nitrogen and oxygen atoms in total. The minimum Gasteiger partial charge on any atom is -0.488 e. The lowest BCUT2D eigenvalue weighted by molar-refractivity contribution is 0.362. The average Bonchev–Trinajstić information content (AvgIpc) is 2.46. The topological polar surface area (TPSA) is 33.0 Å². The zero-order valence-corrected chi connectivity index (χ0v) is 11.8. The maximum Gasteiger partial charge on any atom is 0.137 e. The van der Waals surface area contributed by atoms with Gasteiger partial charge in [-0.1, -0.05) is 52.3 Å². The lowest BCUT2D eigenvalue weighted by Gasteiger charge is -2.05. The van der Waals surface area contributed by atoms with E-state index in [1.54, 1.807) is 12.1 Å². The summed E-state index contributed by atoms with van der Waals surface area (Å²) in [5, 5.41) is 9.01. The van der Waals surface area contributed by atoms with Crippen LogP contribution in [0.3, 0.4) is 0 Å². The van der Waals surface area contributed by atoms with Crippen LogP contribution in [0.5, 0.6) is 5.75 Å². The van der Waals surface area contributed by atoms with E-state index in [1.807, 2.05) is 48.6 Å². The van der Waals surface area contributed by atoms with Crippen molar-refractivity contribution in [1.29, 1.82) is 5.26 Å². The molecule has 2 aromatic rings. The van der Waals surface area contributed by atoms with Gasteiger partial charge in [0.15, 0.2) is 0 Å². The van der Waals surface area contributed by atoms with E-state index in [0.717, 1.165) is 10.0 Å². The SMILES string of the molecule is N#Cc1cc(Br)ccc1OC/C=C/c1ccccc1. The van der Waals surface area contributed by atoms with Crippen molar-refractivity contribution in [3.8, 4) is 11.8 Å². The quantitative estimate of drug-likeness (QED) is 0.837. The molecule has 0 heterocycles. The lowest BCUT2D eigenvalue weighted by atomic mass is 10.2. The molecule has 0 aliphatic rings. The summed E-state index contributed by atoms with van der Waals surface area (Å²) < 4.78 is 6.45. The van der Waals surface area contributed by atoms with Crippen molar-refractivity contribution < 1.29 is 4.74 Å². The van der Waals surface area contributed by atoms with E-state index in [1.165, 1.54) is 0 Å². The van der Waals surface area contributed by atoms with Crippen LogP contribution in [-0.4, -0.2) is 6.61 Å². The first-order chi connectivity index (χ1) is 9.29. The van der Waals surface area contributed by atoms with Crippen molar-refractivity contribution in [2.45, 2.75) is 0 Å². The van der Waals surface area contributed by atoms with Gasteiger partial charge in [-0.25, -0.2) is 0 Å². The van der Waals surface area contributed by atoms with Gasteiger partial charge in [0.25, 0.3) is 0 Å². The maximum atomic E-state index is 9.01. The Balaban J connectivity index is 1.97.